The number of nitrogens with two attached hydrogens (primary N) is 1. The van der Waals surface area contributed by atoms with Gasteiger partial charge in [-0.25, -0.2) is 0 Å². The molecule has 0 atom stereocenters. The van der Waals surface area contributed by atoms with Crippen LogP contribution in [-0.2, 0) is 4.79 Å². The molecule has 70 valence electrons. The number of para-hydroxylation sites is 2. The van der Waals surface area contributed by atoms with Crippen LogP contribution in [0.4, 0.5) is 5.69 Å². The summed E-state index contributed by atoms with van der Waals surface area (Å²) >= 11 is 0. The standard InChI is InChI=1S/C9H12N2O2/c1-13-8-5-3-2-4-7(8)11-9(12)6-10/h2-5H,6,10H2,1H3,(H,11,12). The molecule has 0 unspecified atom stereocenters. The first-order valence-electron chi connectivity index (χ1n) is 3.91. The maximum Gasteiger partial charge on any atom is 0.238 e. The van der Waals surface area contributed by atoms with Gasteiger partial charge in [-0.05, 0) is 12.1 Å². The van der Waals surface area contributed by atoms with E-state index in [9.17, 15) is 4.79 Å². The number of rotatable bonds is 3. The van der Waals surface area contributed by atoms with Gasteiger partial charge in [-0.15, -0.1) is 0 Å². The fourth-order valence-corrected chi connectivity index (χ4v) is 0.949. The Labute approximate surface area is 76.7 Å². The first-order chi connectivity index (χ1) is 6.27. The third kappa shape index (κ3) is 2.45. The Balaban J connectivity index is 2.81. The lowest BCUT2D eigenvalue weighted by molar-refractivity contribution is -0.114. The zero-order valence-corrected chi connectivity index (χ0v) is 7.41. The van der Waals surface area contributed by atoms with Crippen LogP contribution in [0, 0.1) is 0 Å². The zero-order chi connectivity index (χ0) is 9.68. The highest BCUT2D eigenvalue weighted by atomic mass is 16.5. The van der Waals surface area contributed by atoms with Crippen molar-refractivity contribution in [1.82, 2.24) is 0 Å². The number of carbonyl (C=O) groups is 1. The molecule has 4 nitrogen and oxygen atoms in total. The number of carbonyl (C=O) groups excluding carboxylic acids is 1. The SMILES string of the molecule is COc1ccccc1NC(=O)CN. The highest BCUT2D eigenvalue weighted by molar-refractivity contribution is 5.93. The van der Waals surface area contributed by atoms with Crippen molar-refractivity contribution < 1.29 is 9.53 Å². The number of anilines is 1. The Morgan fingerprint density at radius 1 is 1.54 bits per heavy atom. The molecule has 0 heterocycles. The van der Waals surface area contributed by atoms with Gasteiger partial charge in [0.05, 0.1) is 19.3 Å². The van der Waals surface area contributed by atoms with Gasteiger partial charge >= 0.3 is 0 Å². The molecule has 0 fully saturated rings. The van der Waals surface area contributed by atoms with Crippen LogP contribution in [0.25, 0.3) is 0 Å². The molecule has 0 aliphatic heterocycles. The predicted molar refractivity (Wildman–Crippen MR) is 50.7 cm³/mol. The van der Waals surface area contributed by atoms with Crippen molar-refractivity contribution in [3.63, 3.8) is 0 Å². The summed E-state index contributed by atoms with van der Waals surface area (Å²) in [6.07, 6.45) is 0. The molecule has 0 bridgehead atoms. The van der Waals surface area contributed by atoms with Crippen molar-refractivity contribution in [2.24, 2.45) is 5.73 Å². The largest absolute Gasteiger partial charge is 0.495 e. The summed E-state index contributed by atoms with van der Waals surface area (Å²) in [5.41, 5.74) is 5.80. The molecule has 13 heavy (non-hydrogen) atoms. The fraction of sp³-hybridized carbons (Fsp3) is 0.222. The third-order valence-corrected chi connectivity index (χ3v) is 1.57. The Bertz CT molecular complexity index is 299. The second-order valence-corrected chi connectivity index (χ2v) is 2.45. The zero-order valence-electron chi connectivity index (χ0n) is 7.41. The Morgan fingerprint density at radius 2 is 2.23 bits per heavy atom. The van der Waals surface area contributed by atoms with E-state index < -0.39 is 0 Å². The fourth-order valence-electron chi connectivity index (χ4n) is 0.949. The minimum atomic E-state index is -0.232. The number of amides is 1. The van der Waals surface area contributed by atoms with Gasteiger partial charge in [0.1, 0.15) is 5.75 Å². The highest BCUT2D eigenvalue weighted by Gasteiger charge is 2.03. The summed E-state index contributed by atoms with van der Waals surface area (Å²) in [7, 11) is 1.55. The molecule has 4 heteroatoms. The number of methoxy groups -OCH3 is 1. The molecule has 1 amide bonds. The summed E-state index contributed by atoms with van der Waals surface area (Å²) in [6, 6.07) is 7.17. The average molecular weight is 180 g/mol. The van der Waals surface area contributed by atoms with Gasteiger partial charge in [0.2, 0.25) is 5.91 Å². The maximum absolute atomic E-state index is 11.0. The van der Waals surface area contributed by atoms with E-state index in [1.54, 1.807) is 19.2 Å². The second-order valence-electron chi connectivity index (χ2n) is 2.45. The van der Waals surface area contributed by atoms with Gasteiger partial charge in [-0.2, -0.15) is 0 Å². The number of hydrogen-bond acceptors (Lipinski definition) is 3. The van der Waals surface area contributed by atoms with Gasteiger partial charge in [0.25, 0.3) is 0 Å². The molecule has 0 aromatic heterocycles. The third-order valence-electron chi connectivity index (χ3n) is 1.57. The van der Waals surface area contributed by atoms with Crippen LogP contribution in [0.3, 0.4) is 0 Å². The number of benzene rings is 1. The maximum atomic E-state index is 11.0. The van der Waals surface area contributed by atoms with E-state index in [4.69, 9.17) is 10.5 Å². The van der Waals surface area contributed by atoms with Gasteiger partial charge in [-0.1, -0.05) is 12.1 Å². The lowest BCUT2D eigenvalue weighted by Crippen LogP contribution is -2.22. The topological polar surface area (TPSA) is 64.3 Å². The lowest BCUT2D eigenvalue weighted by atomic mass is 10.3. The lowest BCUT2D eigenvalue weighted by Gasteiger charge is -2.08. The highest BCUT2D eigenvalue weighted by Crippen LogP contribution is 2.22. The quantitative estimate of drug-likeness (QED) is 0.715. The first-order valence-corrected chi connectivity index (χ1v) is 3.91. The summed E-state index contributed by atoms with van der Waals surface area (Å²) in [4.78, 5) is 11.0. The Kier molecular flexibility index (Phi) is 3.28. The van der Waals surface area contributed by atoms with Gasteiger partial charge in [0, 0.05) is 0 Å². The van der Waals surface area contributed by atoms with Crippen LogP contribution < -0.4 is 15.8 Å². The van der Waals surface area contributed by atoms with E-state index in [2.05, 4.69) is 5.32 Å². The van der Waals surface area contributed by atoms with Gasteiger partial charge < -0.3 is 15.8 Å². The van der Waals surface area contributed by atoms with Crippen LogP contribution in [0.2, 0.25) is 0 Å². The molecule has 0 saturated heterocycles. The van der Waals surface area contributed by atoms with Crippen molar-refractivity contribution in [3.05, 3.63) is 24.3 Å². The molecule has 1 aromatic rings. The number of ether oxygens (including phenoxy) is 1. The summed E-state index contributed by atoms with van der Waals surface area (Å²) in [5.74, 6) is 0.397. The summed E-state index contributed by atoms with van der Waals surface area (Å²) in [6.45, 7) is -0.0297. The molecule has 0 saturated carbocycles. The smallest absolute Gasteiger partial charge is 0.238 e. The molecule has 0 aliphatic carbocycles. The van der Waals surface area contributed by atoms with E-state index in [1.807, 2.05) is 12.1 Å². The van der Waals surface area contributed by atoms with Crippen molar-refractivity contribution in [1.29, 1.82) is 0 Å². The van der Waals surface area contributed by atoms with Crippen LogP contribution >= 0.6 is 0 Å². The van der Waals surface area contributed by atoms with Crippen molar-refractivity contribution in [2.75, 3.05) is 19.0 Å². The molecule has 0 radical (unpaired) electrons. The van der Waals surface area contributed by atoms with E-state index in [0.29, 0.717) is 11.4 Å². The molecule has 3 N–H and O–H groups in total. The Morgan fingerprint density at radius 3 is 2.85 bits per heavy atom. The first kappa shape index (κ1) is 9.54. The average Bonchev–Trinajstić information content (AvgIpc) is 2.18. The van der Waals surface area contributed by atoms with Crippen LogP contribution in [0.15, 0.2) is 24.3 Å². The van der Waals surface area contributed by atoms with Gasteiger partial charge in [0.15, 0.2) is 0 Å². The number of nitrogens with one attached hydrogen (secondary N) is 1. The molecule has 0 spiro atoms. The predicted octanol–water partition coefficient (Wildman–Crippen LogP) is 0.592. The molecule has 0 aliphatic rings. The van der Waals surface area contributed by atoms with Crippen molar-refractivity contribution >= 4 is 11.6 Å². The van der Waals surface area contributed by atoms with E-state index in [-0.39, 0.29) is 12.5 Å². The number of hydrogen-bond donors (Lipinski definition) is 2. The molecular formula is C9H12N2O2. The molecular weight excluding hydrogens is 168 g/mol. The monoisotopic (exact) mass is 180 g/mol. The second kappa shape index (κ2) is 4.47. The van der Waals surface area contributed by atoms with Crippen molar-refractivity contribution in [3.8, 4) is 5.75 Å². The van der Waals surface area contributed by atoms with Gasteiger partial charge in [-0.3, -0.25) is 4.79 Å². The minimum Gasteiger partial charge on any atom is -0.495 e. The Hall–Kier alpha value is -1.55. The molecule has 1 aromatic carbocycles. The van der Waals surface area contributed by atoms with E-state index >= 15 is 0 Å². The van der Waals surface area contributed by atoms with Crippen LogP contribution in [-0.4, -0.2) is 19.6 Å². The van der Waals surface area contributed by atoms with E-state index in [1.165, 1.54) is 0 Å². The molecule has 1 rings (SSSR count). The van der Waals surface area contributed by atoms with E-state index in [0.717, 1.165) is 0 Å². The van der Waals surface area contributed by atoms with Crippen molar-refractivity contribution in [2.45, 2.75) is 0 Å². The summed E-state index contributed by atoms with van der Waals surface area (Å²) < 4.78 is 5.04. The van der Waals surface area contributed by atoms with Crippen LogP contribution in [0.5, 0.6) is 5.75 Å². The van der Waals surface area contributed by atoms with Crippen LogP contribution in [0.1, 0.15) is 0 Å². The summed E-state index contributed by atoms with van der Waals surface area (Å²) in [5, 5.41) is 2.62. The minimum absolute atomic E-state index is 0.0297. The normalized spacial score (nSPS) is 9.38.